The molecule has 3 N–H and O–H groups in total. The quantitative estimate of drug-likeness (QED) is 0.229. The van der Waals surface area contributed by atoms with E-state index in [0.29, 0.717) is 24.3 Å². The van der Waals surface area contributed by atoms with Gasteiger partial charge in [-0.3, -0.25) is 19.3 Å². The van der Waals surface area contributed by atoms with Gasteiger partial charge >= 0.3 is 11.9 Å². The molecule has 5 heterocycles. The number of nitrogens with one attached hydrogen (secondary N) is 2. The summed E-state index contributed by atoms with van der Waals surface area (Å²) in [6.07, 6.45) is 3.26. The van der Waals surface area contributed by atoms with Gasteiger partial charge in [0.1, 0.15) is 35.1 Å². The van der Waals surface area contributed by atoms with Crippen LogP contribution in [0.2, 0.25) is 0 Å². The number of aliphatic carboxylic acids is 1. The zero-order valence-corrected chi connectivity index (χ0v) is 26.1. The molecular weight excluding hydrogens is 638 g/mol. The Kier molecular flexibility index (Phi) is 8.07. The standard InChI is InChI=1S/C31H30FN5O7S2/c32-21-11-19-22(12-23(21)35-7-5-33-6-8-35)36(17-3-4-17)13-20(27(19)39)31(43)44-14-16-15-46-29-25(28(40)37(29)26(16)30(41)42)34-24(38)10-18-2-1-9-45-18/h1-2,9,11-13,17,25,29,33H,3-8,10,14-15H2,(H,34,38)(H,41,42). The van der Waals surface area contributed by atoms with Crippen LogP contribution in [0.1, 0.15) is 34.1 Å². The number of carboxylic acids is 1. The summed E-state index contributed by atoms with van der Waals surface area (Å²) in [5.41, 5.74) is -0.119. The number of fused-ring (bicyclic) bond motifs is 2. The van der Waals surface area contributed by atoms with Crippen molar-refractivity contribution in [3.63, 3.8) is 0 Å². The van der Waals surface area contributed by atoms with Crippen LogP contribution < -0.4 is 21.0 Å². The fourth-order valence-corrected chi connectivity index (χ4v) is 8.16. The van der Waals surface area contributed by atoms with E-state index in [2.05, 4.69) is 10.6 Å². The Morgan fingerprint density at radius 1 is 1.15 bits per heavy atom. The molecule has 3 aliphatic heterocycles. The summed E-state index contributed by atoms with van der Waals surface area (Å²) in [6, 6.07) is 5.67. The molecule has 2 amide bonds. The van der Waals surface area contributed by atoms with Gasteiger partial charge in [-0.1, -0.05) is 6.07 Å². The average Bonchev–Trinajstić information content (AvgIpc) is 3.77. The first-order chi connectivity index (χ1) is 22.2. The minimum Gasteiger partial charge on any atom is -0.477 e. The van der Waals surface area contributed by atoms with E-state index in [4.69, 9.17) is 4.74 Å². The number of thiophene rings is 1. The summed E-state index contributed by atoms with van der Waals surface area (Å²) in [4.78, 5) is 68.4. The molecule has 0 bridgehead atoms. The molecule has 2 unspecified atom stereocenters. The molecule has 2 aromatic heterocycles. The highest BCUT2D eigenvalue weighted by molar-refractivity contribution is 8.00. The number of halogens is 1. The van der Waals surface area contributed by atoms with Crippen LogP contribution in [-0.2, 0) is 25.5 Å². The van der Waals surface area contributed by atoms with Gasteiger partial charge in [0, 0.05) is 60.0 Å². The van der Waals surface area contributed by atoms with Gasteiger partial charge in [-0.2, -0.15) is 0 Å². The normalized spacial score (nSPS) is 21.2. The number of hydrogen-bond acceptors (Lipinski definition) is 10. The fraction of sp³-hybridized carbons (Fsp3) is 0.387. The van der Waals surface area contributed by atoms with Gasteiger partial charge in [-0.05, 0) is 36.4 Å². The summed E-state index contributed by atoms with van der Waals surface area (Å²) >= 11 is 2.67. The number of piperazine rings is 1. The van der Waals surface area contributed by atoms with Crippen molar-refractivity contribution in [1.29, 1.82) is 0 Å². The molecule has 0 radical (unpaired) electrons. The number of hydrogen-bond donors (Lipinski definition) is 3. The summed E-state index contributed by atoms with van der Waals surface area (Å²) < 4.78 is 22.6. The Labute approximate surface area is 270 Å². The van der Waals surface area contributed by atoms with Crippen LogP contribution in [0.5, 0.6) is 0 Å². The second-order valence-electron chi connectivity index (χ2n) is 11.6. The van der Waals surface area contributed by atoms with Crippen LogP contribution in [0.4, 0.5) is 10.1 Å². The van der Waals surface area contributed by atoms with E-state index in [-0.39, 0.29) is 46.3 Å². The molecule has 46 heavy (non-hydrogen) atoms. The highest BCUT2D eigenvalue weighted by Gasteiger charge is 2.54. The predicted octanol–water partition coefficient (Wildman–Crippen LogP) is 2.08. The molecule has 12 nitrogen and oxygen atoms in total. The van der Waals surface area contributed by atoms with Gasteiger partial charge in [0.15, 0.2) is 0 Å². The minimum absolute atomic E-state index is 0.0557. The van der Waals surface area contributed by atoms with E-state index in [0.717, 1.165) is 35.7 Å². The number of ether oxygens (including phenoxy) is 1. The molecule has 0 spiro atoms. The molecule has 2 saturated heterocycles. The first-order valence-electron chi connectivity index (χ1n) is 14.9. The number of aromatic nitrogens is 1. The Morgan fingerprint density at radius 2 is 1.93 bits per heavy atom. The number of carbonyl (C=O) groups excluding carboxylic acids is 3. The number of amides is 2. The van der Waals surface area contributed by atoms with Gasteiger partial charge in [0.2, 0.25) is 11.3 Å². The summed E-state index contributed by atoms with van der Waals surface area (Å²) in [7, 11) is 0. The lowest BCUT2D eigenvalue weighted by atomic mass is 10.0. The number of benzene rings is 1. The largest absolute Gasteiger partial charge is 0.477 e. The van der Waals surface area contributed by atoms with Crippen LogP contribution in [0.25, 0.3) is 10.9 Å². The van der Waals surface area contributed by atoms with Crippen molar-refractivity contribution in [1.82, 2.24) is 20.1 Å². The van der Waals surface area contributed by atoms with Crippen LogP contribution in [0, 0.1) is 5.82 Å². The number of rotatable bonds is 9. The average molecular weight is 668 g/mol. The molecule has 3 aromatic rings. The molecule has 1 aliphatic carbocycles. The first kappa shape index (κ1) is 30.4. The lowest BCUT2D eigenvalue weighted by Gasteiger charge is -2.49. The van der Waals surface area contributed by atoms with Gasteiger partial charge in [-0.15, -0.1) is 23.1 Å². The number of anilines is 1. The molecule has 2 atom stereocenters. The third-order valence-corrected chi connectivity index (χ3v) is 10.8. The van der Waals surface area contributed by atoms with Crippen LogP contribution in [0.15, 0.2) is 51.9 Å². The Morgan fingerprint density at radius 3 is 2.63 bits per heavy atom. The molecule has 1 aromatic carbocycles. The van der Waals surface area contributed by atoms with Gasteiger partial charge in [-0.25, -0.2) is 14.0 Å². The van der Waals surface area contributed by atoms with Gasteiger partial charge < -0.3 is 29.9 Å². The summed E-state index contributed by atoms with van der Waals surface area (Å²) in [6.45, 7) is 2.23. The maximum Gasteiger partial charge on any atom is 0.352 e. The van der Waals surface area contributed by atoms with Crippen LogP contribution in [0.3, 0.4) is 0 Å². The van der Waals surface area contributed by atoms with Crippen molar-refractivity contribution in [3.8, 4) is 0 Å². The smallest absolute Gasteiger partial charge is 0.352 e. The van der Waals surface area contributed by atoms with E-state index in [1.54, 1.807) is 6.07 Å². The van der Waals surface area contributed by atoms with Gasteiger partial charge in [0.05, 0.1) is 17.6 Å². The lowest BCUT2D eigenvalue weighted by Crippen LogP contribution is -2.70. The van der Waals surface area contributed by atoms with E-state index in [1.165, 1.54) is 35.4 Å². The maximum atomic E-state index is 15.3. The monoisotopic (exact) mass is 667 g/mol. The molecule has 15 heteroatoms. The van der Waals surface area contributed by atoms with E-state index in [1.807, 2.05) is 27.0 Å². The topological polar surface area (TPSA) is 150 Å². The first-order valence-corrected chi connectivity index (χ1v) is 16.9. The Hall–Kier alpha value is -4.21. The van der Waals surface area contributed by atoms with Crippen molar-refractivity contribution in [3.05, 3.63) is 73.6 Å². The van der Waals surface area contributed by atoms with E-state index >= 15 is 4.39 Å². The van der Waals surface area contributed by atoms with Crippen molar-refractivity contribution in [2.45, 2.75) is 36.7 Å². The zero-order valence-electron chi connectivity index (χ0n) is 24.5. The number of thioether (sulfide) groups is 1. The highest BCUT2D eigenvalue weighted by Crippen LogP contribution is 2.41. The minimum atomic E-state index is -1.37. The van der Waals surface area contributed by atoms with Gasteiger partial charge in [0.25, 0.3) is 5.91 Å². The Bertz CT molecular complexity index is 1850. The van der Waals surface area contributed by atoms with Crippen molar-refractivity contribution in [2.75, 3.05) is 43.4 Å². The van der Waals surface area contributed by atoms with E-state index in [9.17, 15) is 29.1 Å². The third kappa shape index (κ3) is 5.56. The number of nitrogens with zero attached hydrogens (tertiary/aromatic N) is 3. The highest BCUT2D eigenvalue weighted by atomic mass is 32.2. The fourth-order valence-electron chi connectivity index (χ4n) is 6.13. The molecule has 240 valence electrons. The molecule has 3 fully saturated rings. The lowest BCUT2D eigenvalue weighted by molar-refractivity contribution is -0.150. The maximum absolute atomic E-state index is 15.3. The number of carboxylic acid groups (broad SMARTS) is 1. The predicted molar refractivity (Wildman–Crippen MR) is 170 cm³/mol. The third-order valence-electron chi connectivity index (χ3n) is 8.58. The zero-order chi connectivity index (χ0) is 32.1. The Balaban J connectivity index is 1.10. The molecule has 7 rings (SSSR count). The second kappa shape index (κ2) is 12.2. The van der Waals surface area contributed by atoms with Crippen molar-refractivity contribution < 1.29 is 33.4 Å². The van der Waals surface area contributed by atoms with Crippen molar-refractivity contribution >= 4 is 63.4 Å². The summed E-state index contributed by atoms with van der Waals surface area (Å²) in [5.74, 6) is -3.66. The number of esters is 1. The van der Waals surface area contributed by atoms with Crippen LogP contribution in [-0.4, -0.2) is 88.3 Å². The number of carbonyl (C=O) groups is 4. The SMILES string of the molecule is O=C(Cc1cccs1)NC1C(=O)N2C(C(=O)O)=C(COC(=O)c3cn(C4CC4)c4cc(N5CCNCC5)c(F)cc4c3=O)CSC12. The number of pyridine rings is 1. The molecule has 1 saturated carbocycles. The summed E-state index contributed by atoms with van der Waals surface area (Å²) in [5, 5.41) is 17.2. The second-order valence-corrected chi connectivity index (χ2v) is 13.7. The van der Waals surface area contributed by atoms with Crippen molar-refractivity contribution in [2.24, 2.45) is 0 Å². The molecule has 4 aliphatic rings. The van der Waals surface area contributed by atoms with E-state index < -0.39 is 47.1 Å². The number of β-lactam (4-membered cyclic amide) rings is 1. The molecular formula is C31H30FN5O7S2. The van der Waals surface area contributed by atoms with Crippen LogP contribution >= 0.6 is 23.1 Å².